The normalized spacial score (nSPS) is 26.6. The van der Waals surface area contributed by atoms with Gasteiger partial charge in [-0.1, -0.05) is 18.2 Å². The number of halogens is 2. The third-order valence-corrected chi connectivity index (χ3v) is 9.25. The number of aromatic nitrogens is 2. The SMILES string of the molecule is O=C(Nc1c(Br)cc([N+](=O)[O-])cc1Br)c1cn(-c2ccccc2)nc1C12CC3CC(CC(C3)C1)C2. The molecule has 9 heteroatoms. The van der Waals surface area contributed by atoms with Gasteiger partial charge in [-0.15, -0.1) is 0 Å². The summed E-state index contributed by atoms with van der Waals surface area (Å²) in [6.07, 6.45) is 9.04. The van der Waals surface area contributed by atoms with Crippen LogP contribution < -0.4 is 5.32 Å². The zero-order valence-electron chi connectivity index (χ0n) is 18.9. The van der Waals surface area contributed by atoms with Crippen LogP contribution in [0.5, 0.6) is 0 Å². The minimum Gasteiger partial charge on any atom is -0.320 e. The first-order valence-electron chi connectivity index (χ1n) is 11.9. The Bertz CT molecular complexity index is 1280. The second kappa shape index (κ2) is 8.55. The fraction of sp³-hybridized carbons (Fsp3) is 0.385. The summed E-state index contributed by atoms with van der Waals surface area (Å²) in [4.78, 5) is 24.5. The van der Waals surface area contributed by atoms with E-state index < -0.39 is 4.92 Å². The first-order chi connectivity index (χ1) is 16.8. The van der Waals surface area contributed by atoms with Crippen LogP contribution >= 0.6 is 31.9 Å². The van der Waals surface area contributed by atoms with Gasteiger partial charge in [0.1, 0.15) is 0 Å². The van der Waals surface area contributed by atoms with Gasteiger partial charge in [-0.2, -0.15) is 5.10 Å². The first-order valence-corrected chi connectivity index (χ1v) is 13.5. The number of nitrogens with zero attached hydrogens (tertiary/aromatic N) is 3. The third-order valence-electron chi connectivity index (χ3n) is 8.00. The van der Waals surface area contributed by atoms with Gasteiger partial charge in [0, 0.05) is 32.7 Å². The van der Waals surface area contributed by atoms with Crippen LogP contribution in [0.15, 0.2) is 57.6 Å². The summed E-state index contributed by atoms with van der Waals surface area (Å²) in [5.41, 5.74) is 2.72. The highest BCUT2D eigenvalue weighted by Gasteiger charge is 2.54. The van der Waals surface area contributed by atoms with Crippen molar-refractivity contribution in [1.29, 1.82) is 0 Å². The van der Waals surface area contributed by atoms with E-state index in [9.17, 15) is 14.9 Å². The Balaban J connectivity index is 1.41. The molecule has 4 fully saturated rings. The number of carbonyl (C=O) groups is 1. The Hall–Kier alpha value is -2.52. The summed E-state index contributed by atoms with van der Waals surface area (Å²) in [7, 11) is 0. The highest BCUT2D eigenvalue weighted by Crippen LogP contribution is 2.61. The van der Waals surface area contributed by atoms with Gasteiger partial charge < -0.3 is 5.32 Å². The standard InChI is InChI=1S/C26H24Br2N4O3/c27-21-9-19(32(34)35)10-22(28)23(21)29-25(33)20-14-31(18-4-2-1-3-5-18)30-24(20)26-11-15-6-16(12-26)8-17(7-15)13-26/h1-5,9-10,14-17H,6-8,11-13H2,(H,29,33). The van der Waals surface area contributed by atoms with E-state index in [2.05, 4.69) is 37.2 Å². The molecule has 0 spiro atoms. The van der Waals surface area contributed by atoms with E-state index in [0.717, 1.165) is 48.4 Å². The zero-order chi connectivity index (χ0) is 24.3. The topological polar surface area (TPSA) is 90.1 Å². The summed E-state index contributed by atoms with van der Waals surface area (Å²) in [6.45, 7) is 0. The molecule has 7 nitrogen and oxygen atoms in total. The monoisotopic (exact) mass is 598 g/mol. The molecule has 35 heavy (non-hydrogen) atoms. The number of anilines is 1. The second-order valence-electron chi connectivity index (χ2n) is 10.4. The molecule has 4 bridgehead atoms. The molecule has 1 amide bonds. The van der Waals surface area contributed by atoms with E-state index in [-0.39, 0.29) is 17.0 Å². The summed E-state index contributed by atoms with van der Waals surface area (Å²) >= 11 is 6.78. The molecule has 7 rings (SSSR count). The summed E-state index contributed by atoms with van der Waals surface area (Å²) < 4.78 is 2.71. The maximum absolute atomic E-state index is 13.8. The predicted molar refractivity (Wildman–Crippen MR) is 140 cm³/mol. The lowest BCUT2D eigenvalue weighted by molar-refractivity contribution is -0.385. The number of para-hydroxylation sites is 1. The molecule has 3 aromatic rings. The number of nitro groups is 1. The lowest BCUT2D eigenvalue weighted by Gasteiger charge is -2.56. The molecule has 4 aliphatic carbocycles. The van der Waals surface area contributed by atoms with Gasteiger partial charge in [-0.05, 0) is 100 Å². The zero-order valence-corrected chi connectivity index (χ0v) is 22.1. The lowest BCUT2D eigenvalue weighted by atomic mass is 9.48. The maximum Gasteiger partial charge on any atom is 0.271 e. The molecule has 0 saturated heterocycles. The molecule has 1 N–H and O–H groups in total. The van der Waals surface area contributed by atoms with Gasteiger partial charge in [0.15, 0.2) is 0 Å². The van der Waals surface area contributed by atoms with Crippen LogP contribution in [0.3, 0.4) is 0 Å². The summed E-state index contributed by atoms with van der Waals surface area (Å²) in [5.74, 6) is 1.90. The van der Waals surface area contributed by atoms with Crippen molar-refractivity contribution in [2.24, 2.45) is 17.8 Å². The number of hydrogen-bond donors (Lipinski definition) is 1. The minimum atomic E-state index is -0.462. The number of non-ortho nitro benzene ring substituents is 1. The number of rotatable bonds is 5. The molecule has 4 saturated carbocycles. The van der Waals surface area contributed by atoms with E-state index >= 15 is 0 Å². The van der Waals surface area contributed by atoms with E-state index in [0.29, 0.717) is 20.2 Å². The fourth-order valence-corrected chi connectivity index (χ4v) is 8.37. The van der Waals surface area contributed by atoms with Gasteiger partial charge in [0.05, 0.1) is 27.6 Å². The van der Waals surface area contributed by atoms with Crippen molar-refractivity contribution in [2.45, 2.75) is 43.9 Å². The van der Waals surface area contributed by atoms with Crippen LogP contribution in [-0.2, 0) is 5.41 Å². The highest BCUT2D eigenvalue weighted by molar-refractivity contribution is 9.11. The van der Waals surface area contributed by atoms with Crippen molar-refractivity contribution in [3.05, 3.63) is 79.0 Å². The number of amides is 1. The van der Waals surface area contributed by atoms with Gasteiger partial charge in [-0.25, -0.2) is 4.68 Å². The van der Waals surface area contributed by atoms with Gasteiger partial charge in [0.2, 0.25) is 0 Å². The largest absolute Gasteiger partial charge is 0.320 e. The fourth-order valence-electron chi connectivity index (χ4n) is 7.01. The molecule has 0 aliphatic heterocycles. The van der Waals surface area contributed by atoms with Crippen molar-refractivity contribution in [3.8, 4) is 5.69 Å². The van der Waals surface area contributed by atoms with Crippen molar-refractivity contribution >= 4 is 49.1 Å². The van der Waals surface area contributed by atoms with Gasteiger partial charge in [0.25, 0.3) is 11.6 Å². The van der Waals surface area contributed by atoms with Crippen molar-refractivity contribution in [1.82, 2.24) is 9.78 Å². The molecule has 4 aliphatic rings. The predicted octanol–water partition coefficient (Wildman–Crippen LogP) is 7.03. The molecule has 0 unspecified atom stereocenters. The smallest absolute Gasteiger partial charge is 0.271 e. The number of hydrogen-bond acceptors (Lipinski definition) is 4. The number of nitro benzene ring substituents is 1. The average Bonchev–Trinajstić information content (AvgIpc) is 3.28. The Labute approximate surface area is 219 Å². The molecule has 180 valence electrons. The molecule has 2 aromatic carbocycles. The molecule has 1 heterocycles. The summed E-state index contributed by atoms with van der Waals surface area (Å²) in [5, 5.41) is 19.3. The first kappa shape index (κ1) is 22.9. The highest BCUT2D eigenvalue weighted by atomic mass is 79.9. The van der Waals surface area contributed by atoms with E-state index in [1.54, 1.807) is 0 Å². The molecule has 0 radical (unpaired) electrons. The molecule has 1 aromatic heterocycles. The van der Waals surface area contributed by atoms with Crippen LogP contribution in [0.2, 0.25) is 0 Å². The molecule has 0 atom stereocenters. The lowest BCUT2D eigenvalue weighted by Crippen LogP contribution is -2.49. The van der Waals surface area contributed by atoms with E-state index in [4.69, 9.17) is 5.10 Å². The number of nitrogens with one attached hydrogen (secondary N) is 1. The Morgan fingerprint density at radius 1 is 1.03 bits per heavy atom. The third kappa shape index (κ3) is 4.02. The maximum atomic E-state index is 13.8. The van der Waals surface area contributed by atoms with Gasteiger partial charge >= 0.3 is 0 Å². The van der Waals surface area contributed by atoms with Gasteiger partial charge in [-0.3, -0.25) is 14.9 Å². The van der Waals surface area contributed by atoms with Crippen LogP contribution in [-0.4, -0.2) is 20.6 Å². The molecular formula is C26H24Br2N4O3. The van der Waals surface area contributed by atoms with Crippen molar-refractivity contribution in [2.75, 3.05) is 5.32 Å². The van der Waals surface area contributed by atoms with Crippen molar-refractivity contribution < 1.29 is 9.72 Å². The summed E-state index contributed by atoms with van der Waals surface area (Å²) in [6, 6.07) is 12.7. The quantitative estimate of drug-likeness (QED) is 0.252. The Morgan fingerprint density at radius 3 is 2.14 bits per heavy atom. The number of benzene rings is 2. The molecular weight excluding hydrogens is 576 g/mol. The van der Waals surface area contributed by atoms with Crippen LogP contribution in [0.4, 0.5) is 11.4 Å². The average molecular weight is 600 g/mol. The van der Waals surface area contributed by atoms with Crippen molar-refractivity contribution in [3.63, 3.8) is 0 Å². The second-order valence-corrected chi connectivity index (χ2v) is 12.1. The van der Waals surface area contributed by atoms with Crippen LogP contribution in [0.25, 0.3) is 5.69 Å². The Kier molecular flexibility index (Phi) is 5.60. The van der Waals surface area contributed by atoms with E-state index in [1.807, 2.05) is 41.2 Å². The van der Waals surface area contributed by atoms with Crippen LogP contribution in [0.1, 0.15) is 54.6 Å². The van der Waals surface area contributed by atoms with E-state index in [1.165, 1.54) is 31.4 Å². The number of carbonyl (C=O) groups excluding carboxylic acids is 1. The Morgan fingerprint density at radius 2 is 1.60 bits per heavy atom. The van der Waals surface area contributed by atoms with Crippen LogP contribution in [0, 0.1) is 27.9 Å². The minimum absolute atomic E-state index is 0.0621.